The normalized spacial score (nSPS) is 18.7. The summed E-state index contributed by atoms with van der Waals surface area (Å²) in [4.78, 5) is 15.0. The van der Waals surface area contributed by atoms with Crippen molar-refractivity contribution in [2.75, 3.05) is 37.4 Å². The van der Waals surface area contributed by atoms with E-state index < -0.39 is 37.5 Å². The summed E-state index contributed by atoms with van der Waals surface area (Å²) in [7, 11) is -7.27. The van der Waals surface area contributed by atoms with Gasteiger partial charge in [0.15, 0.2) is 9.84 Å². The molecule has 0 spiro atoms. The van der Waals surface area contributed by atoms with Crippen molar-refractivity contribution in [1.29, 1.82) is 0 Å². The van der Waals surface area contributed by atoms with E-state index in [0.29, 0.717) is 18.4 Å². The van der Waals surface area contributed by atoms with E-state index >= 15 is 0 Å². The average molecular weight is 638 g/mol. The maximum atomic E-state index is 13.3. The second-order valence-electron chi connectivity index (χ2n) is 11.6. The first-order valence-corrected chi connectivity index (χ1v) is 18.3. The Morgan fingerprint density at radius 3 is 2.30 bits per heavy atom. The molecule has 1 saturated heterocycles. The standard InChI is InChI=1S/C30H43N3O8S2/c1-3-41-29(36)30(15-5-4-6-16-30)32-43(39,40)26-10-8-25(9-11-26)33-17-13-24(14-18-33)31-20-28(35)22-7-12-27(34)23(19-22)21-42(2,37)38/h7-12,19,24,28,31-32,34-35H,3-6,13-18,20-21H2,1-2H3. The van der Waals surface area contributed by atoms with Gasteiger partial charge in [-0.3, -0.25) is 4.79 Å². The zero-order chi connectivity index (χ0) is 31.3. The van der Waals surface area contributed by atoms with Gasteiger partial charge in [0.1, 0.15) is 11.3 Å². The summed E-state index contributed by atoms with van der Waals surface area (Å²) in [6.45, 7) is 3.66. The highest BCUT2D eigenvalue weighted by Gasteiger charge is 2.44. The number of sulfonamides is 1. The lowest BCUT2D eigenvalue weighted by atomic mass is 9.82. The lowest BCUT2D eigenvalue weighted by Crippen LogP contribution is -2.56. The summed E-state index contributed by atoms with van der Waals surface area (Å²) in [5, 5.41) is 24.0. The number of aliphatic hydroxyl groups is 1. The molecule has 13 heteroatoms. The van der Waals surface area contributed by atoms with Gasteiger partial charge in [0.05, 0.1) is 23.4 Å². The molecular weight excluding hydrogens is 594 g/mol. The van der Waals surface area contributed by atoms with Crippen molar-refractivity contribution in [1.82, 2.24) is 10.0 Å². The molecule has 0 aromatic heterocycles. The van der Waals surface area contributed by atoms with Crippen molar-refractivity contribution in [2.45, 2.75) is 80.2 Å². The van der Waals surface area contributed by atoms with Gasteiger partial charge < -0.3 is 25.2 Å². The second kappa shape index (κ2) is 13.9. The van der Waals surface area contributed by atoms with Crippen molar-refractivity contribution in [2.24, 2.45) is 0 Å². The third-order valence-corrected chi connectivity index (χ3v) is 10.6. The highest BCUT2D eigenvalue weighted by Crippen LogP contribution is 2.32. The number of rotatable bonds is 12. The number of ether oxygens (including phenoxy) is 1. The maximum absolute atomic E-state index is 13.3. The molecule has 0 amide bonds. The van der Waals surface area contributed by atoms with Gasteiger partial charge in [-0.2, -0.15) is 4.72 Å². The lowest BCUT2D eigenvalue weighted by Gasteiger charge is -2.35. The van der Waals surface area contributed by atoms with E-state index in [2.05, 4.69) is 14.9 Å². The fraction of sp³-hybridized carbons (Fsp3) is 0.567. The smallest absolute Gasteiger partial charge is 0.327 e. The number of hydrogen-bond acceptors (Lipinski definition) is 10. The highest BCUT2D eigenvalue weighted by atomic mass is 32.2. The maximum Gasteiger partial charge on any atom is 0.327 e. The van der Waals surface area contributed by atoms with Gasteiger partial charge in [0.25, 0.3) is 0 Å². The van der Waals surface area contributed by atoms with Crippen molar-refractivity contribution in [3.8, 4) is 5.75 Å². The minimum absolute atomic E-state index is 0.102. The van der Waals surface area contributed by atoms with Crippen LogP contribution in [0, 0.1) is 0 Å². The fourth-order valence-electron chi connectivity index (χ4n) is 5.87. The summed E-state index contributed by atoms with van der Waals surface area (Å²) < 4.78 is 57.7. The molecule has 43 heavy (non-hydrogen) atoms. The second-order valence-corrected chi connectivity index (χ2v) is 15.4. The first-order chi connectivity index (χ1) is 20.3. The van der Waals surface area contributed by atoms with Crippen LogP contribution < -0.4 is 14.9 Å². The van der Waals surface area contributed by atoms with Crippen LogP contribution in [-0.4, -0.2) is 77.1 Å². The van der Waals surface area contributed by atoms with E-state index in [-0.39, 0.29) is 41.2 Å². The van der Waals surface area contributed by atoms with Crippen molar-refractivity contribution in [3.63, 3.8) is 0 Å². The van der Waals surface area contributed by atoms with E-state index in [4.69, 9.17) is 4.74 Å². The number of nitrogens with one attached hydrogen (secondary N) is 2. The van der Waals surface area contributed by atoms with Crippen molar-refractivity contribution < 1.29 is 36.6 Å². The Morgan fingerprint density at radius 2 is 1.70 bits per heavy atom. The number of aromatic hydroxyl groups is 1. The Balaban J connectivity index is 1.31. The zero-order valence-electron chi connectivity index (χ0n) is 24.8. The Morgan fingerprint density at radius 1 is 1.05 bits per heavy atom. The molecule has 4 N–H and O–H groups in total. The molecule has 2 aromatic carbocycles. The summed E-state index contributed by atoms with van der Waals surface area (Å²) in [5.74, 6) is -0.935. The first-order valence-electron chi connectivity index (χ1n) is 14.8. The van der Waals surface area contributed by atoms with E-state index in [1.807, 2.05) is 0 Å². The van der Waals surface area contributed by atoms with Gasteiger partial charge in [0, 0.05) is 43.2 Å². The van der Waals surface area contributed by atoms with E-state index in [1.54, 1.807) is 37.3 Å². The number of sulfone groups is 1. The van der Waals surface area contributed by atoms with Crippen LogP contribution in [0.25, 0.3) is 0 Å². The first kappa shape index (κ1) is 33.2. The number of carbonyl (C=O) groups excluding carboxylic acids is 1. The molecule has 1 aliphatic heterocycles. The van der Waals surface area contributed by atoms with Gasteiger partial charge in [-0.15, -0.1) is 0 Å². The number of piperidine rings is 1. The third kappa shape index (κ3) is 8.69. The summed E-state index contributed by atoms with van der Waals surface area (Å²) >= 11 is 0. The summed E-state index contributed by atoms with van der Waals surface area (Å²) in [6.07, 6.45) is 5.16. The van der Waals surface area contributed by atoms with Crippen LogP contribution in [0.15, 0.2) is 47.4 Å². The molecule has 1 aliphatic carbocycles. The lowest BCUT2D eigenvalue weighted by molar-refractivity contribution is -0.151. The Hall–Kier alpha value is -2.71. The van der Waals surface area contributed by atoms with Crippen molar-refractivity contribution in [3.05, 3.63) is 53.6 Å². The van der Waals surface area contributed by atoms with Crippen LogP contribution in [0.1, 0.15) is 69.1 Å². The molecule has 238 valence electrons. The van der Waals surface area contributed by atoms with Crippen LogP contribution in [0.3, 0.4) is 0 Å². The van der Waals surface area contributed by atoms with E-state index in [9.17, 15) is 31.8 Å². The van der Waals surface area contributed by atoms with Crippen LogP contribution in [0.2, 0.25) is 0 Å². The molecular formula is C30H43N3O8S2. The number of aliphatic hydroxyl groups excluding tert-OH is 1. The topological polar surface area (TPSA) is 162 Å². The minimum Gasteiger partial charge on any atom is -0.508 e. The minimum atomic E-state index is -3.94. The molecule has 0 bridgehead atoms. The monoisotopic (exact) mass is 637 g/mol. The number of phenols is 1. The predicted octanol–water partition coefficient (Wildman–Crippen LogP) is 2.77. The number of phenolic OH excluding ortho intramolecular Hbond substituents is 1. The Kier molecular flexibility index (Phi) is 10.8. The highest BCUT2D eigenvalue weighted by molar-refractivity contribution is 7.90. The number of esters is 1. The van der Waals surface area contributed by atoms with Crippen LogP contribution in [0.4, 0.5) is 5.69 Å². The number of benzene rings is 2. The number of nitrogens with zero attached hydrogens (tertiary/aromatic N) is 1. The van der Waals surface area contributed by atoms with Crippen LogP contribution in [0.5, 0.6) is 5.75 Å². The molecule has 2 aliphatic rings. The summed E-state index contributed by atoms with van der Waals surface area (Å²) in [5.41, 5.74) is 0.462. The number of carbonyl (C=O) groups is 1. The molecule has 4 rings (SSSR count). The van der Waals surface area contributed by atoms with E-state index in [0.717, 1.165) is 57.1 Å². The summed E-state index contributed by atoms with van der Waals surface area (Å²) in [6, 6.07) is 11.4. The Labute approximate surface area is 254 Å². The molecule has 11 nitrogen and oxygen atoms in total. The van der Waals surface area contributed by atoms with Gasteiger partial charge in [-0.1, -0.05) is 25.3 Å². The van der Waals surface area contributed by atoms with Gasteiger partial charge in [0.2, 0.25) is 10.0 Å². The van der Waals surface area contributed by atoms with Crippen molar-refractivity contribution >= 4 is 31.5 Å². The Bertz CT molecular complexity index is 1470. The molecule has 1 heterocycles. The molecule has 1 atom stereocenters. The number of hydrogen-bond donors (Lipinski definition) is 4. The molecule has 1 saturated carbocycles. The fourth-order valence-corrected chi connectivity index (χ4v) is 8.08. The van der Waals surface area contributed by atoms with Gasteiger partial charge in [-0.25, -0.2) is 16.8 Å². The van der Waals surface area contributed by atoms with E-state index in [1.165, 1.54) is 12.1 Å². The zero-order valence-corrected chi connectivity index (χ0v) is 26.4. The SMILES string of the molecule is CCOC(=O)C1(NS(=O)(=O)c2ccc(N3CCC(NCC(O)c4ccc(O)c(CS(C)(=O)=O)c4)CC3)cc2)CCCCC1. The quantitative estimate of drug-likeness (QED) is 0.255. The average Bonchev–Trinajstić information content (AvgIpc) is 2.97. The molecule has 2 fully saturated rings. The van der Waals surface area contributed by atoms with Crippen LogP contribution >= 0.6 is 0 Å². The van der Waals surface area contributed by atoms with Gasteiger partial charge in [-0.05, 0) is 74.6 Å². The molecule has 1 unspecified atom stereocenters. The largest absolute Gasteiger partial charge is 0.508 e. The van der Waals surface area contributed by atoms with Crippen LogP contribution in [-0.2, 0) is 35.1 Å². The molecule has 2 aromatic rings. The predicted molar refractivity (Wildman–Crippen MR) is 164 cm³/mol. The third-order valence-electron chi connectivity index (χ3n) is 8.22. The number of anilines is 1. The molecule has 0 radical (unpaired) electrons. The van der Waals surface area contributed by atoms with Gasteiger partial charge >= 0.3 is 5.97 Å².